The molecule has 3 rings (SSSR count). The van der Waals surface area contributed by atoms with Crippen LogP contribution in [0.2, 0.25) is 0 Å². The van der Waals surface area contributed by atoms with Gasteiger partial charge in [-0.25, -0.2) is 0 Å². The first kappa shape index (κ1) is 21.3. The first-order valence-electron chi connectivity index (χ1n) is 10.3. The van der Waals surface area contributed by atoms with Crippen molar-refractivity contribution < 1.29 is 14.4 Å². The van der Waals surface area contributed by atoms with E-state index in [-0.39, 0.29) is 5.91 Å². The third-order valence-electron chi connectivity index (χ3n) is 5.04. The van der Waals surface area contributed by atoms with E-state index in [1.165, 1.54) is 18.4 Å². The maximum atomic E-state index is 12.6. The second kappa shape index (κ2) is 11.0. The van der Waals surface area contributed by atoms with Crippen LogP contribution in [0.5, 0.6) is 0 Å². The van der Waals surface area contributed by atoms with Crippen molar-refractivity contribution in [2.45, 2.75) is 38.6 Å². The lowest BCUT2D eigenvalue weighted by Gasteiger charge is -2.13. The monoisotopic (exact) mass is 405 g/mol. The smallest absolute Gasteiger partial charge is 0.313 e. The summed E-state index contributed by atoms with van der Waals surface area (Å²) >= 11 is 0. The summed E-state index contributed by atoms with van der Waals surface area (Å²) in [6.45, 7) is 0.801. The Kier molecular flexibility index (Phi) is 7.78. The number of anilines is 1. The molecule has 6 nitrogen and oxygen atoms in total. The molecule has 0 heterocycles. The van der Waals surface area contributed by atoms with Gasteiger partial charge in [-0.2, -0.15) is 0 Å². The van der Waals surface area contributed by atoms with Gasteiger partial charge in [0.1, 0.15) is 0 Å². The van der Waals surface area contributed by atoms with E-state index in [1.807, 2.05) is 30.3 Å². The zero-order valence-corrected chi connectivity index (χ0v) is 16.9. The molecule has 6 heteroatoms. The maximum absolute atomic E-state index is 12.6. The highest BCUT2D eigenvalue weighted by molar-refractivity contribution is 6.40. The van der Waals surface area contributed by atoms with E-state index in [9.17, 15) is 14.4 Å². The number of allylic oxidation sites excluding steroid dienone is 1. The average Bonchev–Trinajstić information content (AvgIpc) is 2.79. The van der Waals surface area contributed by atoms with E-state index in [2.05, 4.69) is 22.0 Å². The average molecular weight is 405 g/mol. The molecule has 0 saturated heterocycles. The maximum Gasteiger partial charge on any atom is 0.313 e. The Bertz CT molecular complexity index is 922. The molecule has 2 aromatic rings. The fourth-order valence-electron chi connectivity index (χ4n) is 3.39. The summed E-state index contributed by atoms with van der Waals surface area (Å²) in [5, 5.41) is 8.04. The van der Waals surface area contributed by atoms with Crippen molar-refractivity contribution in [1.82, 2.24) is 10.6 Å². The molecule has 0 fully saturated rings. The predicted molar refractivity (Wildman–Crippen MR) is 117 cm³/mol. The van der Waals surface area contributed by atoms with Gasteiger partial charge in [0.2, 0.25) is 0 Å². The Hall–Kier alpha value is -3.41. The molecule has 0 bridgehead atoms. The molecule has 1 aliphatic rings. The number of rotatable bonds is 7. The van der Waals surface area contributed by atoms with E-state index >= 15 is 0 Å². The van der Waals surface area contributed by atoms with Crippen LogP contribution in [0.3, 0.4) is 0 Å². The molecule has 0 atom stereocenters. The predicted octanol–water partition coefficient (Wildman–Crippen LogP) is 3.56. The number of hydrogen-bond donors (Lipinski definition) is 3. The van der Waals surface area contributed by atoms with Gasteiger partial charge < -0.3 is 16.0 Å². The lowest BCUT2D eigenvalue weighted by Crippen LogP contribution is -2.36. The van der Waals surface area contributed by atoms with Crippen LogP contribution >= 0.6 is 0 Å². The second-order valence-electron chi connectivity index (χ2n) is 7.28. The molecule has 2 aromatic carbocycles. The third-order valence-corrected chi connectivity index (χ3v) is 5.04. The lowest BCUT2D eigenvalue weighted by molar-refractivity contribution is -0.136. The van der Waals surface area contributed by atoms with E-state index in [0.29, 0.717) is 24.3 Å². The summed E-state index contributed by atoms with van der Waals surface area (Å²) in [5.74, 6) is -1.80. The number of benzene rings is 2. The number of carbonyl (C=O) groups excluding carboxylic acids is 3. The Labute approximate surface area is 176 Å². The van der Waals surface area contributed by atoms with Crippen LogP contribution in [-0.4, -0.2) is 24.3 Å². The highest BCUT2D eigenvalue weighted by Crippen LogP contribution is 2.19. The molecular formula is C24H27N3O3. The van der Waals surface area contributed by atoms with Crippen LogP contribution in [0.15, 0.2) is 66.2 Å². The number of amides is 3. The molecule has 0 aromatic heterocycles. The third kappa shape index (κ3) is 6.30. The Balaban J connectivity index is 1.52. The van der Waals surface area contributed by atoms with Crippen molar-refractivity contribution in [3.63, 3.8) is 0 Å². The van der Waals surface area contributed by atoms with Gasteiger partial charge in [-0.05, 0) is 49.8 Å². The minimum Gasteiger partial charge on any atom is -0.348 e. The molecule has 0 aliphatic heterocycles. The quantitative estimate of drug-likeness (QED) is 0.486. The minimum absolute atomic E-state index is 0.304. The van der Waals surface area contributed by atoms with Crippen LogP contribution in [0.1, 0.15) is 48.0 Å². The molecule has 0 radical (unpaired) electrons. The van der Waals surface area contributed by atoms with Crippen molar-refractivity contribution in [1.29, 1.82) is 0 Å². The molecule has 3 N–H and O–H groups in total. The van der Waals surface area contributed by atoms with Crippen LogP contribution < -0.4 is 16.0 Å². The number of hydrogen-bond acceptors (Lipinski definition) is 3. The largest absolute Gasteiger partial charge is 0.348 e. The minimum atomic E-state index is -0.782. The van der Waals surface area contributed by atoms with Crippen molar-refractivity contribution in [2.24, 2.45) is 0 Å². The van der Waals surface area contributed by atoms with Crippen molar-refractivity contribution in [3.8, 4) is 0 Å². The Morgan fingerprint density at radius 2 is 1.60 bits per heavy atom. The van der Waals surface area contributed by atoms with Gasteiger partial charge in [0.05, 0.1) is 11.3 Å². The highest BCUT2D eigenvalue weighted by Gasteiger charge is 2.17. The number of para-hydroxylation sites is 1. The first-order chi connectivity index (χ1) is 14.6. The zero-order chi connectivity index (χ0) is 21.2. The summed E-state index contributed by atoms with van der Waals surface area (Å²) < 4.78 is 0. The van der Waals surface area contributed by atoms with Gasteiger partial charge in [-0.1, -0.05) is 54.1 Å². The molecule has 0 saturated carbocycles. The fourth-order valence-corrected chi connectivity index (χ4v) is 3.39. The van der Waals surface area contributed by atoms with Crippen LogP contribution in [0, 0.1) is 0 Å². The molecule has 30 heavy (non-hydrogen) atoms. The summed E-state index contributed by atoms with van der Waals surface area (Å²) in [6.07, 6.45) is 7.54. The lowest BCUT2D eigenvalue weighted by atomic mass is 9.97. The Morgan fingerprint density at radius 3 is 2.37 bits per heavy atom. The standard InChI is InChI=1S/C24H27N3O3/c28-22(26-17-19-11-5-2-6-12-19)20-13-7-8-14-21(20)27-24(30)23(29)25-16-15-18-9-3-1-4-10-18/h2,5-9,11-14H,1,3-4,10,15-17H2,(H,25,29)(H,26,28)(H,27,30). The van der Waals surface area contributed by atoms with Crippen LogP contribution in [0.4, 0.5) is 5.69 Å². The summed E-state index contributed by atoms with van der Waals surface area (Å²) in [7, 11) is 0. The molecule has 0 unspecified atom stereocenters. The van der Waals surface area contributed by atoms with Crippen molar-refractivity contribution in [3.05, 3.63) is 77.4 Å². The molecule has 1 aliphatic carbocycles. The van der Waals surface area contributed by atoms with E-state index in [4.69, 9.17) is 0 Å². The number of carbonyl (C=O) groups is 3. The van der Waals surface area contributed by atoms with E-state index in [0.717, 1.165) is 24.8 Å². The topological polar surface area (TPSA) is 87.3 Å². The van der Waals surface area contributed by atoms with Crippen molar-refractivity contribution in [2.75, 3.05) is 11.9 Å². The first-order valence-corrected chi connectivity index (χ1v) is 10.3. The van der Waals surface area contributed by atoms with Gasteiger partial charge in [-0.15, -0.1) is 0 Å². The van der Waals surface area contributed by atoms with Gasteiger partial charge >= 0.3 is 11.8 Å². The van der Waals surface area contributed by atoms with Crippen LogP contribution in [0.25, 0.3) is 0 Å². The highest BCUT2D eigenvalue weighted by atomic mass is 16.2. The van der Waals surface area contributed by atoms with Gasteiger partial charge in [0.25, 0.3) is 5.91 Å². The zero-order valence-electron chi connectivity index (χ0n) is 16.9. The normalized spacial score (nSPS) is 13.1. The van der Waals surface area contributed by atoms with E-state index in [1.54, 1.807) is 24.3 Å². The molecule has 0 spiro atoms. The SMILES string of the molecule is O=C(NCCC1=CCCCC1)C(=O)Nc1ccccc1C(=O)NCc1ccccc1. The fraction of sp³-hybridized carbons (Fsp3) is 0.292. The second-order valence-corrected chi connectivity index (χ2v) is 7.28. The van der Waals surface area contributed by atoms with Gasteiger partial charge in [-0.3, -0.25) is 14.4 Å². The molecule has 156 valence electrons. The van der Waals surface area contributed by atoms with Gasteiger partial charge in [0.15, 0.2) is 0 Å². The summed E-state index contributed by atoms with van der Waals surface area (Å²) in [5.41, 5.74) is 2.92. The van der Waals surface area contributed by atoms with Gasteiger partial charge in [0, 0.05) is 13.1 Å². The Morgan fingerprint density at radius 1 is 0.833 bits per heavy atom. The summed E-state index contributed by atoms with van der Waals surface area (Å²) in [4.78, 5) is 37.0. The van der Waals surface area contributed by atoms with E-state index < -0.39 is 11.8 Å². The van der Waals surface area contributed by atoms with Crippen molar-refractivity contribution >= 4 is 23.4 Å². The molecule has 3 amide bonds. The molecular weight excluding hydrogens is 378 g/mol. The van der Waals surface area contributed by atoms with Crippen LogP contribution in [-0.2, 0) is 16.1 Å². The number of nitrogens with one attached hydrogen (secondary N) is 3. The summed E-state index contributed by atoms with van der Waals surface area (Å²) in [6, 6.07) is 16.2.